The first-order chi connectivity index (χ1) is 8.60. The molecule has 90 valence electrons. The van der Waals surface area contributed by atoms with Crippen LogP contribution < -0.4 is 5.32 Å². The zero-order valence-corrected chi connectivity index (χ0v) is 8.92. The van der Waals surface area contributed by atoms with E-state index in [-0.39, 0.29) is 11.4 Å². The number of hydrogen-bond acceptors (Lipinski definition) is 3. The number of benzene rings is 1. The summed E-state index contributed by atoms with van der Waals surface area (Å²) in [5.74, 6) is -3.37. The molecule has 0 aliphatic rings. The molecule has 0 radical (unpaired) electrons. The van der Waals surface area contributed by atoms with Crippen molar-refractivity contribution in [3.05, 3.63) is 53.6 Å². The average Bonchev–Trinajstić information content (AvgIpc) is 2.35. The third-order valence-electron chi connectivity index (χ3n) is 2.15. The van der Waals surface area contributed by atoms with Crippen LogP contribution in [0.15, 0.2) is 30.5 Å². The Labute approximate surface area is 101 Å². The number of nitriles is 1. The first kappa shape index (κ1) is 11.9. The Hall–Kier alpha value is -2.55. The minimum atomic E-state index is -1.29. The molecule has 0 unspecified atom stereocenters. The maximum Gasteiger partial charge on any atom is 0.182 e. The van der Waals surface area contributed by atoms with Crippen molar-refractivity contribution in [2.75, 3.05) is 5.32 Å². The molecule has 3 nitrogen and oxygen atoms in total. The van der Waals surface area contributed by atoms with Gasteiger partial charge in [0.25, 0.3) is 0 Å². The summed E-state index contributed by atoms with van der Waals surface area (Å²) in [6.07, 6.45) is 1.33. The molecular formula is C12H6F3N3. The first-order valence-electron chi connectivity index (χ1n) is 4.88. The molecule has 18 heavy (non-hydrogen) atoms. The highest BCUT2D eigenvalue weighted by molar-refractivity contribution is 5.61. The maximum atomic E-state index is 13.4. The number of nitrogens with one attached hydrogen (secondary N) is 1. The van der Waals surface area contributed by atoms with Crippen LogP contribution in [0.2, 0.25) is 0 Å². The zero-order chi connectivity index (χ0) is 13.1. The number of anilines is 2. The lowest BCUT2D eigenvalue weighted by Crippen LogP contribution is -1.98. The van der Waals surface area contributed by atoms with Crippen LogP contribution in [-0.2, 0) is 0 Å². The van der Waals surface area contributed by atoms with Crippen LogP contribution in [-0.4, -0.2) is 4.98 Å². The molecule has 0 atom stereocenters. The Bertz CT molecular complexity index is 635. The molecule has 0 fully saturated rings. The van der Waals surface area contributed by atoms with Gasteiger partial charge in [-0.05, 0) is 12.1 Å². The molecule has 2 rings (SSSR count). The summed E-state index contributed by atoms with van der Waals surface area (Å²) in [6, 6.07) is 5.86. The molecule has 1 aromatic carbocycles. The lowest BCUT2D eigenvalue weighted by molar-refractivity contribution is 0.498. The third-order valence-corrected chi connectivity index (χ3v) is 2.15. The van der Waals surface area contributed by atoms with Crippen molar-refractivity contribution in [1.82, 2.24) is 4.98 Å². The summed E-state index contributed by atoms with van der Waals surface area (Å²) in [6.45, 7) is 0. The number of rotatable bonds is 2. The van der Waals surface area contributed by atoms with Crippen LogP contribution in [0, 0.1) is 28.8 Å². The Kier molecular flexibility index (Phi) is 3.15. The second-order valence-corrected chi connectivity index (χ2v) is 3.42. The summed E-state index contributed by atoms with van der Waals surface area (Å²) < 4.78 is 39.3. The molecule has 1 aromatic heterocycles. The predicted molar refractivity (Wildman–Crippen MR) is 58.6 cm³/mol. The second-order valence-electron chi connectivity index (χ2n) is 3.42. The zero-order valence-electron chi connectivity index (χ0n) is 8.92. The summed E-state index contributed by atoms with van der Waals surface area (Å²) in [5.41, 5.74) is 0.0744. The standard InChI is InChI=1S/C12H6F3N3/c13-7-3-10(14)12(15)11(4-7)18-8-1-2-17-9(5-8)6-16/h1-5H,(H,17,18). The van der Waals surface area contributed by atoms with E-state index in [1.54, 1.807) is 6.07 Å². The highest BCUT2D eigenvalue weighted by Gasteiger charge is 2.11. The Morgan fingerprint density at radius 1 is 1.17 bits per heavy atom. The Morgan fingerprint density at radius 2 is 1.94 bits per heavy atom. The quantitative estimate of drug-likeness (QED) is 0.832. The summed E-state index contributed by atoms with van der Waals surface area (Å²) >= 11 is 0. The number of hydrogen-bond donors (Lipinski definition) is 1. The fourth-order valence-electron chi connectivity index (χ4n) is 1.37. The monoisotopic (exact) mass is 249 g/mol. The van der Waals surface area contributed by atoms with Gasteiger partial charge in [-0.25, -0.2) is 18.2 Å². The smallest absolute Gasteiger partial charge is 0.182 e. The molecule has 0 saturated carbocycles. The van der Waals surface area contributed by atoms with Crippen LogP contribution in [0.1, 0.15) is 5.69 Å². The minimum absolute atomic E-state index is 0.109. The summed E-state index contributed by atoms with van der Waals surface area (Å²) in [4.78, 5) is 3.71. The highest BCUT2D eigenvalue weighted by Crippen LogP contribution is 2.23. The number of nitrogens with zero attached hydrogens (tertiary/aromatic N) is 2. The number of halogens is 3. The van der Waals surface area contributed by atoms with Crippen LogP contribution in [0.5, 0.6) is 0 Å². The van der Waals surface area contributed by atoms with Crippen molar-refractivity contribution < 1.29 is 13.2 Å². The van der Waals surface area contributed by atoms with Gasteiger partial charge in [-0.15, -0.1) is 0 Å². The topological polar surface area (TPSA) is 48.7 Å². The molecular weight excluding hydrogens is 243 g/mol. The first-order valence-corrected chi connectivity index (χ1v) is 4.88. The molecule has 0 aliphatic heterocycles. The van der Waals surface area contributed by atoms with E-state index in [1.165, 1.54) is 18.3 Å². The van der Waals surface area contributed by atoms with E-state index in [9.17, 15) is 13.2 Å². The normalized spacial score (nSPS) is 9.89. The molecule has 1 heterocycles. The van der Waals surface area contributed by atoms with Crippen LogP contribution in [0.25, 0.3) is 0 Å². The lowest BCUT2D eigenvalue weighted by atomic mass is 10.2. The molecule has 0 spiro atoms. The van der Waals surface area contributed by atoms with E-state index in [2.05, 4.69) is 10.3 Å². The van der Waals surface area contributed by atoms with Crippen LogP contribution in [0.3, 0.4) is 0 Å². The van der Waals surface area contributed by atoms with Crippen LogP contribution >= 0.6 is 0 Å². The van der Waals surface area contributed by atoms with Crippen molar-refractivity contribution in [2.45, 2.75) is 0 Å². The molecule has 6 heteroatoms. The van der Waals surface area contributed by atoms with Gasteiger partial charge in [0.05, 0.1) is 5.69 Å². The van der Waals surface area contributed by atoms with Gasteiger partial charge in [-0.1, -0.05) is 0 Å². The van der Waals surface area contributed by atoms with Gasteiger partial charge in [0.2, 0.25) is 0 Å². The van der Waals surface area contributed by atoms with Gasteiger partial charge in [0.15, 0.2) is 11.6 Å². The molecule has 0 amide bonds. The highest BCUT2D eigenvalue weighted by atomic mass is 19.2. The Morgan fingerprint density at radius 3 is 2.67 bits per heavy atom. The van der Waals surface area contributed by atoms with Crippen molar-refractivity contribution in [3.8, 4) is 6.07 Å². The molecule has 0 aliphatic carbocycles. The lowest BCUT2D eigenvalue weighted by Gasteiger charge is -2.08. The van der Waals surface area contributed by atoms with E-state index >= 15 is 0 Å². The van der Waals surface area contributed by atoms with Crippen molar-refractivity contribution in [2.24, 2.45) is 0 Å². The van der Waals surface area contributed by atoms with Gasteiger partial charge >= 0.3 is 0 Å². The molecule has 1 N–H and O–H groups in total. The fourth-order valence-corrected chi connectivity index (χ4v) is 1.37. The summed E-state index contributed by atoms with van der Waals surface area (Å²) in [5, 5.41) is 11.1. The number of pyridine rings is 1. The largest absolute Gasteiger partial charge is 0.353 e. The van der Waals surface area contributed by atoms with Crippen LogP contribution in [0.4, 0.5) is 24.5 Å². The minimum Gasteiger partial charge on any atom is -0.353 e. The van der Waals surface area contributed by atoms with Crippen molar-refractivity contribution in [1.29, 1.82) is 5.26 Å². The van der Waals surface area contributed by atoms with E-state index in [4.69, 9.17) is 5.26 Å². The van der Waals surface area contributed by atoms with Gasteiger partial charge in [0.1, 0.15) is 17.6 Å². The molecule has 2 aromatic rings. The SMILES string of the molecule is N#Cc1cc(Nc2cc(F)cc(F)c2F)ccn1. The molecule has 0 saturated heterocycles. The summed E-state index contributed by atoms with van der Waals surface area (Å²) in [7, 11) is 0. The van der Waals surface area contributed by atoms with E-state index < -0.39 is 17.5 Å². The van der Waals surface area contributed by atoms with Crippen molar-refractivity contribution in [3.63, 3.8) is 0 Å². The van der Waals surface area contributed by atoms with Gasteiger partial charge < -0.3 is 5.32 Å². The Balaban J connectivity index is 2.37. The van der Waals surface area contributed by atoms with Gasteiger partial charge in [-0.3, -0.25) is 0 Å². The van der Waals surface area contributed by atoms with Gasteiger partial charge in [-0.2, -0.15) is 5.26 Å². The molecule has 0 bridgehead atoms. The fraction of sp³-hybridized carbons (Fsp3) is 0. The van der Waals surface area contributed by atoms with E-state index in [0.29, 0.717) is 11.8 Å². The number of aromatic nitrogens is 1. The maximum absolute atomic E-state index is 13.4. The van der Waals surface area contributed by atoms with E-state index in [0.717, 1.165) is 6.07 Å². The predicted octanol–water partition coefficient (Wildman–Crippen LogP) is 3.11. The third kappa shape index (κ3) is 2.40. The second kappa shape index (κ2) is 4.75. The van der Waals surface area contributed by atoms with E-state index in [1.807, 2.05) is 0 Å². The average molecular weight is 249 g/mol. The van der Waals surface area contributed by atoms with Crippen molar-refractivity contribution >= 4 is 11.4 Å². The van der Waals surface area contributed by atoms with Gasteiger partial charge in [0, 0.05) is 24.0 Å².